The van der Waals surface area contributed by atoms with Crippen molar-refractivity contribution in [3.05, 3.63) is 81.8 Å². The molecule has 1 aliphatic heterocycles. The molecular weight excluding hydrogens is 479 g/mol. The summed E-state index contributed by atoms with van der Waals surface area (Å²) in [5, 5.41) is 2.03. The summed E-state index contributed by atoms with van der Waals surface area (Å²) in [6.45, 7) is 4.46. The Morgan fingerprint density at radius 2 is 1.86 bits per heavy atom. The number of thiophene rings is 1. The number of amides is 2. The Morgan fingerprint density at radius 1 is 1.14 bits per heavy atom. The Bertz CT molecular complexity index is 1210. The molecule has 2 aromatic carbocycles. The minimum Gasteiger partial charge on any atom is -0.493 e. The fourth-order valence-electron chi connectivity index (χ4n) is 4.46. The molecule has 0 N–H and O–H groups in total. The zero-order chi connectivity index (χ0) is 25.7. The van der Waals surface area contributed by atoms with Crippen LogP contribution in [0, 0.1) is 5.82 Å². The Morgan fingerprint density at radius 3 is 2.58 bits per heavy atom. The third-order valence-electron chi connectivity index (χ3n) is 6.67. The van der Waals surface area contributed by atoms with E-state index in [2.05, 4.69) is 0 Å². The second kappa shape index (κ2) is 11.6. The number of nitrogens with zero attached hydrogens (tertiary/aromatic N) is 2. The molecule has 2 amide bonds. The first-order chi connectivity index (χ1) is 17.4. The van der Waals surface area contributed by atoms with E-state index in [1.54, 1.807) is 35.5 Å². The highest BCUT2D eigenvalue weighted by Crippen LogP contribution is 2.35. The molecule has 8 heteroatoms. The number of hydrogen-bond acceptors (Lipinski definition) is 5. The van der Waals surface area contributed by atoms with Crippen LogP contribution in [0.25, 0.3) is 0 Å². The van der Waals surface area contributed by atoms with Crippen LogP contribution in [0.4, 0.5) is 4.39 Å². The Balaban J connectivity index is 1.57. The first kappa shape index (κ1) is 25.7. The molecule has 0 unspecified atom stereocenters. The van der Waals surface area contributed by atoms with E-state index in [1.165, 1.54) is 21.9 Å². The number of ether oxygens (including phenoxy) is 2. The monoisotopic (exact) mass is 510 g/mol. The summed E-state index contributed by atoms with van der Waals surface area (Å²) >= 11 is 1.67. The predicted octanol–water partition coefficient (Wildman–Crippen LogP) is 5.34. The van der Waals surface area contributed by atoms with Crippen molar-refractivity contribution in [3.8, 4) is 11.5 Å². The fourth-order valence-corrected chi connectivity index (χ4v) is 5.38. The first-order valence-corrected chi connectivity index (χ1v) is 13.0. The van der Waals surface area contributed by atoms with E-state index >= 15 is 0 Å². The van der Waals surface area contributed by atoms with E-state index < -0.39 is 11.7 Å². The lowest BCUT2D eigenvalue weighted by atomic mass is 10.00. The van der Waals surface area contributed by atoms with Gasteiger partial charge in [0, 0.05) is 17.5 Å². The number of carbonyl (C=O) groups excluding carboxylic acids is 2. The highest BCUT2D eigenvalue weighted by Gasteiger charge is 2.35. The van der Waals surface area contributed by atoms with Gasteiger partial charge in [-0.25, -0.2) is 4.39 Å². The van der Waals surface area contributed by atoms with Crippen LogP contribution in [0.5, 0.6) is 11.5 Å². The van der Waals surface area contributed by atoms with Gasteiger partial charge in [0.25, 0.3) is 5.91 Å². The lowest BCUT2D eigenvalue weighted by molar-refractivity contribution is -0.136. The Kier molecular flexibility index (Phi) is 8.25. The van der Waals surface area contributed by atoms with Crippen molar-refractivity contribution in [2.45, 2.75) is 38.8 Å². The second-order valence-corrected chi connectivity index (χ2v) is 9.78. The molecule has 36 heavy (non-hydrogen) atoms. The van der Waals surface area contributed by atoms with Crippen LogP contribution >= 0.6 is 11.3 Å². The van der Waals surface area contributed by atoms with Crippen molar-refractivity contribution in [1.29, 1.82) is 0 Å². The minimum absolute atomic E-state index is 0.0274. The smallest absolute Gasteiger partial charge is 0.257 e. The van der Waals surface area contributed by atoms with Gasteiger partial charge in [0.05, 0.1) is 18.7 Å². The molecule has 0 spiro atoms. The third kappa shape index (κ3) is 5.38. The van der Waals surface area contributed by atoms with Crippen LogP contribution < -0.4 is 9.47 Å². The summed E-state index contributed by atoms with van der Waals surface area (Å²) in [5.41, 5.74) is 1.03. The van der Waals surface area contributed by atoms with Crippen LogP contribution in [0.15, 0.2) is 60.0 Å². The highest BCUT2D eigenvalue weighted by molar-refractivity contribution is 7.10. The molecule has 6 nitrogen and oxygen atoms in total. The highest BCUT2D eigenvalue weighted by atomic mass is 32.1. The van der Waals surface area contributed by atoms with E-state index in [-0.39, 0.29) is 36.7 Å². The number of fused-ring (bicyclic) bond motifs is 1. The molecule has 2 heterocycles. The quantitative estimate of drug-likeness (QED) is 0.390. The van der Waals surface area contributed by atoms with E-state index in [4.69, 9.17) is 9.47 Å². The number of para-hydroxylation sites is 2. The van der Waals surface area contributed by atoms with Crippen LogP contribution in [0.3, 0.4) is 0 Å². The number of methoxy groups -OCH3 is 1. The number of rotatable bonds is 9. The van der Waals surface area contributed by atoms with Gasteiger partial charge in [-0.15, -0.1) is 11.3 Å². The molecule has 0 saturated heterocycles. The van der Waals surface area contributed by atoms with Crippen molar-refractivity contribution in [2.75, 3.05) is 26.8 Å². The van der Waals surface area contributed by atoms with E-state index in [0.29, 0.717) is 24.5 Å². The van der Waals surface area contributed by atoms with Gasteiger partial charge in [-0.3, -0.25) is 9.59 Å². The van der Waals surface area contributed by atoms with Gasteiger partial charge in [0.1, 0.15) is 19.0 Å². The normalized spacial score (nSPS) is 15.7. The largest absolute Gasteiger partial charge is 0.493 e. The van der Waals surface area contributed by atoms with E-state index in [1.807, 2.05) is 49.6 Å². The average molecular weight is 511 g/mol. The van der Waals surface area contributed by atoms with E-state index in [9.17, 15) is 14.0 Å². The first-order valence-electron chi connectivity index (χ1n) is 12.1. The van der Waals surface area contributed by atoms with Gasteiger partial charge in [-0.1, -0.05) is 31.2 Å². The SMILES string of the molecule is CC[C@H](C)N(CC(=O)N1CCc2sccc2[C@H]1COc1ccccc1OC)C(=O)c1ccccc1F. The molecule has 0 fully saturated rings. The van der Waals surface area contributed by atoms with Crippen molar-refractivity contribution >= 4 is 23.2 Å². The molecule has 0 saturated carbocycles. The average Bonchev–Trinajstić information content (AvgIpc) is 3.39. The van der Waals surface area contributed by atoms with Crippen LogP contribution in [0.1, 0.15) is 47.1 Å². The molecule has 1 aliphatic rings. The number of hydrogen-bond donors (Lipinski definition) is 0. The molecule has 0 bridgehead atoms. The minimum atomic E-state index is -0.591. The maximum Gasteiger partial charge on any atom is 0.257 e. The second-order valence-electron chi connectivity index (χ2n) is 8.78. The maximum atomic E-state index is 14.4. The lowest BCUT2D eigenvalue weighted by Crippen LogP contribution is -2.50. The zero-order valence-electron chi connectivity index (χ0n) is 20.8. The summed E-state index contributed by atoms with van der Waals surface area (Å²) < 4.78 is 25.9. The van der Waals surface area contributed by atoms with Gasteiger partial charge >= 0.3 is 0 Å². The molecule has 0 radical (unpaired) electrons. The van der Waals surface area contributed by atoms with Gasteiger partial charge in [-0.2, -0.15) is 0 Å². The zero-order valence-corrected chi connectivity index (χ0v) is 21.6. The van der Waals surface area contributed by atoms with Crippen LogP contribution in [-0.2, 0) is 11.2 Å². The number of halogens is 1. The van der Waals surface area contributed by atoms with Crippen molar-refractivity contribution in [3.63, 3.8) is 0 Å². The molecule has 0 aliphatic carbocycles. The van der Waals surface area contributed by atoms with Gasteiger partial charge in [0.15, 0.2) is 11.5 Å². The molecule has 1 aromatic heterocycles. The summed E-state index contributed by atoms with van der Waals surface area (Å²) in [6.07, 6.45) is 1.39. The Labute approximate surface area is 215 Å². The molecule has 2 atom stereocenters. The molecule has 190 valence electrons. The fraction of sp³-hybridized carbons (Fsp3) is 0.357. The van der Waals surface area contributed by atoms with Crippen LogP contribution in [0.2, 0.25) is 0 Å². The van der Waals surface area contributed by atoms with Gasteiger partial charge < -0.3 is 19.3 Å². The summed E-state index contributed by atoms with van der Waals surface area (Å²) in [4.78, 5) is 31.5. The molecule has 3 aromatic rings. The molecular formula is C28H31FN2O4S. The van der Waals surface area contributed by atoms with Crippen molar-refractivity contribution in [2.24, 2.45) is 0 Å². The number of carbonyl (C=O) groups is 2. The third-order valence-corrected chi connectivity index (χ3v) is 7.67. The maximum absolute atomic E-state index is 14.4. The Hall–Kier alpha value is -3.39. The van der Waals surface area contributed by atoms with Gasteiger partial charge in [0.2, 0.25) is 5.91 Å². The summed E-state index contributed by atoms with van der Waals surface area (Å²) in [6, 6.07) is 14.8. The van der Waals surface area contributed by atoms with Crippen LogP contribution in [-0.4, -0.2) is 54.5 Å². The predicted molar refractivity (Wildman–Crippen MR) is 138 cm³/mol. The standard InChI is InChI=1S/C28H31FN2O4S/c1-4-19(2)31(28(33)20-9-5-6-10-22(20)29)17-27(32)30-15-13-26-21(14-16-36-26)23(30)18-35-25-12-8-7-11-24(25)34-3/h5-12,14,16,19,23H,4,13,15,17-18H2,1-3H3/t19-,23+/m0/s1. The lowest BCUT2D eigenvalue weighted by Gasteiger charge is -2.38. The summed E-state index contributed by atoms with van der Waals surface area (Å²) in [7, 11) is 1.59. The number of benzene rings is 2. The topological polar surface area (TPSA) is 59.1 Å². The molecule has 4 rings (SSSR count). The van der Waals surface area contributed by atoms with E-state index in [0.717, 1.165) is 12.0 Å². The van der Waals surface area contributed by atoms with Crippen molar-refractivity contribution < 1.29 is 23.5 Å². The summed E-state index contributed by atoms with van der Waals surface area (Å²) in [5.74, 6) is -0.0376. The van der Waals surface area contributed by atoms with Crippen molar-refractivity contribution in [1.82, 2.24) is 9.80 Å². The van der Waals surface area contributed by atoms with Gasteiger partial charge in [-0.05, 0) is 61.0 Å².